The van der Waals surface area contributed by atoms with Gasteiger partial charge in [0.05, 0.1) is 25.8 Å². The second-order valence-electron chi connectivity index (χ2n) is 9.94. The molecule has 1 aliphatic rings. The van der Waals surface area contributed by atoms with Crippen LogP contribution in [0, 0.1) is 11.8 Å². The minimum absolute atomic E-state index is 0.187. The first-order valence-electron chi connectivity index (χ1n) is 13.3. The number of piperidine rings is 1. The van der Waals surface area contributed by atoms with E-state index in [1.165, 1.54) is 4.90 Å². The van der Waals surface area contributed by atoms with Gasteiger partial charge in [0.2, 0.25) is 0 Å². The first-order chi connectivity index (χ1) is 18.5. The average Bonchev–Trinajstić information content (AvgIpc) is 2.95. The number of aromatic nitrogens is 1. The number of thioether (sulfide) groups is 1. The number of carboxylic acids is 1. The number of benzene rings is 2. The normalized spacial score (nSPS) is 18.8. The molecule has 0 spiro atoms. The van der Waals surface area contributed by atoms with Crippen molar-refractivity contribution in [2.45, 2.75) is 43.1 Å². The van der Waals surface area contributed by atoms with Crippen molar-refractivity contribution in [1.82, 2.24) is 9.88 Å². The van der Waals surface area contributed by atoms with Crippen LogP contribution in [0.15, 0.2) is 59.6 Å². The number of carboxylic acid groups (broad SMARTS) is 1. The fourth-order valence-corrected chi connectivity index (χ4v) is 6.34. The van der Waals surface area contributed by atoms with Gasteiger partial charge in [-0.15, -0.1) is 11.8 Å². The summed E-state index contributed by atoms with van der Waals surface area (Å²) < 4.78 is 10.6. The molecule has 2 N–H and O–H groups in total. The number of fused-ring (bicyclic) bond motifs is 1. The van der Waals surface area contributed by atoms with E-state index in [0.717, 1.165) is 66.2 Å². The molecule has 2 heterocycles. The molecule has 3 atom stereocenters. The molecule has 0 amide bonds. The Morgan fingerprint density at radius 1 is 1.08 bits per heavy atom. The van der Waals surface area contributed by atoms with Crippen molar-refractivity contribution in [3.63, 3.8) is 0 Å². The summed E-state index contributed by atoms with van der Waals surface area (Å²) in [4.78, 5) is 19.5. The monoisotopic (exact) mass is 538 g/mol. The van der Waals surface area contributed by atoms with E-state index < -0.39 is 12.1 Å². The number of hydrogen-bond acceptors (Lipinski definition) is 7. The highest BCUT2D eigenvalue weighted by molar-refractivity contribution is 7.99. The molecule has 0 unspecified atom stereocenters. The molecule has 1 saturated heterocycles. The molecular weight excluding hydrogens is 500 g/mol. The van der Waals surface area contributed by atoms with Crippen molar-refractivity contribution in [2.24, 2.45) is 11.8 Å². The first kappa shape index (κ1) is 28.2. The number of likely N-dealkylation sites (tertiary alicyclic amines) is 1. The Labute approximate surface area is 229 Å². The van der Waals surface area contributed by atoms with E-state index in [1.54, 1.807) is 20.4 Å². The van der Waals surface area contributed by atoms with Crippen LogP contribution in [-0.2, 0) is 4.79 Å². The highest BCUT2D eigenvalue weighted by atomic mass is 32.2. The Balaban J connectivity index is 1.33. The van der Waals surface area contributed by atoms with Crippen LogP contribution < -0.4 is 9.47 Å². The summed E-state index contributed by atoms with van der Waals surface area (Å²) in [6.45, 7) is 2.88. The number of aliphatic hydroxyl groups is 1. The van der Waals surface area contributed by atoms with Crippen molar-refractivity contribution in [1.29, 1.82) is 0 Å². The van der Waals surface area contributed by atoms with Gasteiger partial charge in [-0.05, 0) is 98.2 Å². The van der Waals surface area contributed by atoms with E-state index in [0.29, 0.717) is 24.7 Å². The Bertz CT molecular complexity index is 1190. The molecule has 204 valence electrons. The minimum Gasteiger partial charge on any atom is -0.497 e. The SMILES string of the molecule is COc1ccc(SCCN2CC[C@@H](CC[C@@H](O)c3ccnc4ccc(OC)cc34)[C@H](CCC(=O)O)C2)cc1. The van der Waals surface area contributed by atoms with Crippen LogP contribution >= 0.6 is 11.8 Å². The van der Waals surface area contributed by atoms with E-state index in [-0.39, 0.29) is 6.42 Å². The van der Waals surface area contributed by atoms with Crippen LogP contribution in [0.5, 0.6) is 11.5 Å². The maximum absolute atomic E-state index is 11.4. The fraction of sp³-hybridized carbons (Fsp3) is 0.467. The lowest BCUT2D eigenvalue weighted by Crippen LogP contribution is -2.41. The molecule has 1 aromatic heterocycles. The van der Waals surface area contributed by atoms with Crippen molar-refractivity contribution in [3.8, 4) is 11.5 Å². The molecule has 38 heavy (non-hydrogen) atoms. The molecule has 7 nitrogen and oxygen atoms in total. The Hall–Kier alpha value is -2.81. The molecule has 0 bridgehead atoms. The van der Waals surface area contributed by atoms with E-state index in [4.69, 9.17) is 9.47 Å². The second kappa shape index (κ2) is 13.8. The van der Waals surface area contributed by atoms with Gasteiger partial charge in [-0.3, -0.25) is 9.78 Å². The van der Waals surface area contributed by atoms with Crippen LogP contribution in [0.25, 0.3) is 10.9 Å². The summed E-state index contributed by atoms with van der Waals surface area (Å²) in [5.74, 6) is 2.56. The lowest BCUT2D eigenvalue weighted by Gasteiger charge is -2.39. The predicted molar refractivity (Wildman–Crippen MR) is 151 cm³/mol. The van der Waals surface area contributed by atoms with Crippen molar-refractivity contribution in [2.75, 3.05) is 39.6 Å². The van der Waals surface area contributed by atoms with Crippen LogP contribution in [0.3, 0.4) is 0 Å². The van der Waals surface area contributed by atoms with Crippen LogP contribution in [0.1, 0.15) is 43.8 Å². The summed E-state index contributed by atoms with van der Waals surface area (Å²) >= 11 is 1.83. The molecule has 0 saturated carbocycles. The first-order valence-corrected chi connectivity index (χ1v) is 14.3. The Morgan fingerprint density at radius 2 is 1.84 bits per heavy atom. The quantitative estimate of drug-likeness (QED) is 0.269. The lowest BCUT2D eigenvalue weighted by molar-refractivity contribution is -0.137. The predicted octanol–water partition coefficient (Wildman–Crippen LogP) is 5.66. The number of ether oxygens (including phenoxy) is 2. The number of methoxy groups -OCH3 is 2. The van der Waals surface area contributed by atoms with Gasteiger partial charge in [0.15, 0.2) is 0 Å². The largest absolute Gasteiger partial charge is 0.497 e. The van der Waals surface area contributed by atoms with Gasteiger partial charge < -0.3 is 24.6 Å². The zero-order chi connectivity index (χ0) is 26.9. The fourth-order valence-electron chi connectivity index (χ4n) is 5.43. The van der Waals surface area contributed by atoms with E-state index in [2.05, 4.69) is 22.0 Å². The summed E-state index contributed by atoms with van der Waals surface area (Å²) in [6, 6.07) is 15.7. The highest BCUT2D eigenvalue weighted by Gasteiger charge is 2.30. The number of aliphatic carboxylic acids is 1. The summed E-state index contributed by atoms with van der Waals surface area (Å²) in [7, 11) is 3.31. The zero-order valence-electron chi connectivity index (χ0n) is 22.2. The number of hydrogen-bond donors (Lipinski definition) is 2. The summed E-state index contributed by atoms with van der Waals surface area (Å²) in [5, 5.41) is 21.4. The van der Waals surface area contributed by atoms with Gasteiger partial charge in [-0.1, -0.05) is 0 Å². The molecule has 4 rings (SSSR count). The van der Waals surface area contributed by atoms with E-state index in [9.17, 15) is 15.0 Å². The number of rotatable bonds is 13. The van der Waals surface area contributed by atoms with Crippen LogP contribution in [0.4, 0.5) is 0 Å². The number of aliphatic hydroxyl groups excluding tert-OH is 1. The average molecular weight is 539 g/mol. The highest BCUT2D eigenvalue weighted by Crippen LogP contribution is 2.35. The van der Waals surface area contributed by atoms with Gasteiger partial charge in [0.25, 0.3) is 0 Å². The van der Waals surface area contributed by atoms with Gasteiger partial charge in [-0.2, -0.15) is 0 Å². The molecule has 0 radical (unpaired) electrons. The second-order valence-corrected chi connectivity index (χ2v) is 11.1. The number of pyridine rings is 1. The third-order valence-electron chi connectivity index (χ3n) is 7.59. The number of carbonyl (C=O) groups is 1. The number of nitrogens with zero attached hydrogens (tertiary/aromatic N) is 2. The van der Waals surface area contributed by atoms with Crippen molar-refractivity contribution >= 4 is 28.6 Å². The minimum atomic E-state index is -0.742. The Morgan fingerprint density at radius 3 is 2.58 bits per heavy atom. The van der Waals surface area contributed by atoms with E-state index >= 15 is 0 Å². The topological polar surface area (TPSA) is 92.1 Å². The molecule has 8 heteroatoms. The van der Waals surface area contributed by atoms with Gasteiger partial charge in [0.1, 0.15) is 11.5 Å². The molecule has 2 aromatic carbocycles. The smallest absolute Gasteiger partial charge is 0.303 e. The van der Waals surface area contributed by atoms with E-state index in [1.807, 2.05) is 48.2 Å². The standard InChI is InChI=1S/C30H38N2O5S/c1-36-23-5-8-25(9-6-23)38-18-17-32-16-14-21(22(20-32)4-12-30(34)35)3-11-29(33)26-13-15-31-28-10-7-24(37-2)19-27(26)28/h5-10,13,15,19,21-22,29,33H,3-4,11-12,14,16-18,20H2,1-2H3,(H,34,35)/t21-,22-,29-/m1/s1. The van der Waals surface area contributed by atoms with Crippen LogP contribution in [0.2, 0.25) is 0 Å². The Kier molecular flexibility index (Phi) is 10.3. The maximum atomic E-state index is 11.4. The zero-order valence-corrected chi connectivity index (χ0v) is 23.0. The molecular formula is C30H38N2O5S. The summed E-state index contributed by atoms with van der Waals surface area (Å²) in [6.07, 6.45) is 4.53. The van der Waals surface area contributed by atoms with Gasteiger partial charge >= 0.3 is 5.97 Å². The van der Waals surface area contributed by atoms with Crippen molar-refractivity contribution < 1.29 is 24.5 Å². The van der Waals surface area contributed by atoms with Crippen molar-refractivity contribution in [3.05, 3.63) is 60.3 Å². The lowest BCUT2D eigenvalue weighted by atomic mass is 9.79. The maximum Gasteiger partial charge on any atom is 0.303 e. The molecule has 1 fully saturated rings. The third kappa shape index (κ3) is 7.62. The van der Waals surface area contributed by atoms with Crippen LogP contribution in [-0.4, -0.2) is 65.7 Å². The molecule has 1 aliphatic heterocycles. The summed E-state index contributed by atoms with van der Waals surface area (Å²) in [5.41, 5.74) is 1.70. The van der Waals surface area contributed by atoms with Gasteiger partial charge in [0, 0.05) is 41.7 Å². The van der Waals surface area contributed by atoms with Gasteiger partial charge in [-0.25, -0.2) is 0 Å². The molecule has 3 aromatic rings. The third-order valence-corrected chi connectivity index (χ3v) is 8.58. The molecule has 0 aliphatic carbocycles.